The lowest BCUT2D eigenvalue weighted by Crippen LogP contribution is -2.12. The largest absolute Gasteiger partial charge is 0.451 e. The summed E-state index contributed by atoms with van der Waals surface area (Å²) in [6, 6.07) is 2.56. The van der Waals surface area contributed by atoms with Crippen molar-refractivity contribution in [3.63, 3.8) is 0 Å². The summed E-state index contributed by atoms with van der Waals surface area (Å²) in [4.78, 5) is 20.5. The Bertz CT molecular complexity index is 1510. The van der Waals surface area contributed by atoms with E-state index in [-0.39, 0.29) is 26.9 Å². The Hall–Kier alpha value is -3.63. The predicted molar refractivity (Wildman–Crippen MR) is 131 cm³/mol. The summed E-state index contributed by atoms with van der Waals surface area (Å²) < 4.78 is 111. The Morgan fingerprint density at radius 2 is 1.05 bits per heavy atom. The van der Waals surface area contributed by atoms with E-state index in [0.29, 0.717) is 16.8 Å². The highest BCUT2D eigenvalue weighted by atomic mass is 35.5. The Labute approximate surface area is 240 Å². The zero-order chi connectivity index (χ0) is 31.5. The van der Waals surface area contributed by atoms with Gasteiger partial charge < -0.3 is 5.11 Å². The summed E-state index contributed by atoms with van der Waals surface area (Å²) in [5, 5.41) is 9.49. The first-order chi connectivity index (χ1) is 19.3. The first-order valence-corrected chi connectivity index (χ1v) is 11.9. The molecule has 0 radical (unpaired) electrons. The van der Waals surface area contributed by atoms with Crippen molar-refractivity contribution < 1.29 is 44.6 Å². The van der Waals surface area contributed by atoms with E-state index in [9.17, 15) is 44.6 Å². The van der Waals surface area contributed by atoms with Gasteiger partial charge >= 0.3 is 18.5 Å². The standard InChI is InChI=1S/C12H6ClF6N3.C12H9ClF3N3O/c13-8-1-9(20-3-6(8)2-11(14,15)16)7-4-21-10(22-5-7)12(17,18)19;1-6(20)8-5-17-10(2-9(8)13)7-3-18-11(19-4-7)12(14,15)16/h1,3-5H,2H2;2-6,20H,1H3. The van der Waals surface area contributed by atoms with Crippen LogP contribution < -0.4 is 0 Å². The number of aliphatic hydroxyl groups excluding tert-OH is 1. The van der Waals surface area contributed by atoms with Crippen LogP contribution in [0.25, 0.3) is 22.5 Å². The number of aromatic nitrogens is 6. The predicted octanol–water partition coefficient (Wildman–Crippen LogP) is 7.58. The van der Waals surface area contributed by atoms with Gasteiger partial charge in [0.15, 0.2) is 0 Å². The van der Waals surface area contributed by atoms with Gasteiger partial charge in [0, 0.05) is 58.9 Å². The highest BCUT2D eigenvalue weighted by Crippen LogP contribution is 2.31. The van der Waals surface area contributed by atoms with Crippen LogP contribution in [0.4, 0.5) is 39.5 Å². The van der Waals surface area contributed by atoms with Gasteiger partial charge in [0.2, 0.25) is 11.6 Å². The van der Waals surface area contributed by atoms with Gasteiger partial charge in [-0.1, -0.05) is 23.2 Å². The number of nitrogens with zero attached hydrogens (tertiary/aromatic N) is 6. The van der Waals surface area contributed by atoms with Crippen LogP contribution in [0, 0.1) is 0 Å². The normalized spacial score (nSPS) is 12.9. The van der Waals surface area contributed by atoms with Crippen molar-refractivity contribution in [2.75, 3.05) is 0 Å². The Morgan fingerprint density at radius 3 is 1.38 bits per heavy atom. The molecule has 0 bridgehead atoms. The van der Waals surface area contributed by atoms with Crippen LogP contribution in [0.3, 0.4) is 0 Å². The lowest BCUT2D eigenvalue weighted by atomic mass is 10.1. The zero-order valence-corrected chi connectivity index (χ0v) is 22.2. The maximum absolute atomic E-state index is 12.3. The molecule has 0 aliphatic carbocycles. The SMILES string of the molecule is CC(O)c1cnc(-c2cnc(C(F)(F)F)nc2)cc1Cl.FC(F)(F)Cc1cnc(-c2cnc(C(F)(F)F)nc2)cc1Cl. The molecule has 42 heavy (non-hydrogen) atoms. The van der Waals surface area contributed by atoms with Gasteiger partial charge in [0.05, 0.1) is 28.9 Å². The molecule has 4 aromatic rings. The van der Waals surface area contributed by atoms with Crippen molar-refractivity contribution in [3.05, 3.63) is 82.1 Å². The van der Waals surface area contributed by atoms with E-state index in [4.69, 9.17) is 23.2 Å². The zero-order valence-electron chi connectivity index (χ0n) is 20.7. The average Bonchev–Trinajstić information content (AvgIpc) is 2.88. The second-order valence-electron chi connectivity index (χ2n) is 8.31. The third-order valence-electron chi connectivity index (χ3n) is 5.05. The molecule has 18 heteroatoms. The lowest BCUT2D eigenvalue weighted by molar-refractivity contribution is -0.145. The maximum Gasteiger partial charge on any atom is 0.451 e. The minimum Gasteiger partial charge on any atom is -0.389 e. The van der Waals surface area contributed by atoms with Gasteiger partial charge in [-0.15, -0.1) is 0 Å². The molecule has 7 nitrogen and oxygen atoms in total. The van der Waals surface area contributed by atoms with Crippen molar-refractivity contribution in [1.82, 2.24) is 29.9 Å². The van der Waals surface area contributed by atoms with E-state index < -0.39 is 42.7 Å². The van der Waals surface area contributed by atoms with Crippen LogP contribution in [-0.2, 0) is 18.8 Å². The topological polar surface area (TPSA) is 97.6 Å². The van der Waals surface area contributed by atoms with Crippen molar-refractivity contribution in [1.29, 1.82) is 0 Å². The molecule has 1 atom stereocenters. The number of halogens is 11. The van der Waals surface area contributed by atoms with Gasteiger partial charge in [-0.3, -0.25) is 9.97 Å². The first-order valence-electron chi connectivity index (χ1n) is 11.2. The molecule has 224 valence electrons. The highest BCUT2D eigenvalue weighted by Gasteiger charge is 2.35. The number of rotatable bonds is 4. The first kappa shape index (κ1) is 32.9. The molecule has 4 rings (SSSR count). The molecule has 0 fully saturated rings. The summed E-state index contributed by atoms with van der Waals surface area (Å²) in [5.74, 6) is -2.54. The monoisotopic (exact) mass is 644 g/mol. The number of hydrogen-bond acceptors (Lipinski definition) is 7. The van der Waals surface area contributed by atoms with Crippen molar-refractivity contribution in [2.45, 2.75) is 38.0 Å². The van der Waals surface area contributed by atoms with E-state index in [1.807, 2.05) is 0 Å². The van der Waals surface area contributed by atoms with Gasteiger partial charge in [-0.25, -0.2) is 19.9 Å². The molecule has 1 unspecified atom stereocenters. The van der Waals surface area contributed by atoms with E-state index in [0.717, 1.165) is 37.1 Å². The number of pyridine rings is 2. The quantitative estimate of drug-likeness (QED) is 0.229. The smallest absolute Gasteiger partial charge is 0.389 e. The maximum atomic E-state index is 12.3. The fourth-order valence-corrected chi connectivity index (χ4v) is 3.61. The Kier molecular flexibility index (Phi) is 9.95. The van der Waals surface area contributed by atoms with Crippen LogP contribution in [0.2, 0.25) is 10.0 Å². The van der Waals surface area contributed by atoms with Crippen LogP contribution in [-0.4, -0.2) is 41.2 Å². The van der Waals surface area contributed by atoms with Gasteiger partial charge in [-0.05, 0) is 24.6 Å². The summed E-state index contributed by atoms with van der Waals surface area (Å²) >= 11 is 11.7. The van der Waals surface area contributed by atoms with E-state index in [1.165, 1.54) is 19.2 Å². The molecule has 0 saturated carbocycles. The van der Waals surface area contributed by atoms with Crippen LogP contribution >= 0.6 is 23.2 Å². The van der Waals surface area contributed by atoms with Gasteiger partial charge in [0.1, 0.15) is 0 Å². The van der Waals surface area contributed by atoms with Crippen LogP contribution in [0.5, 0.6) is 0 Å². The summed E-state index contributed by atoms with van der Waals surface area (Å²) in [7, 11) is 0. The molecule has 0 spiro atoms. The van der Waals surface area contributed by atoms with Crippen molar-refractivity contribution in [3.8, 4) is 22.5 Å². The molecule has 1 N–H and O–H groups in total. The third kappa shape index (κ3) is 8.93. The van der Waals surface area contributed by atoms with Gasteiger partial charge in [0.25, 0.3) is 0 Å². The average molecular weight is 645 g/mol. The van der Waals surface area contributed by atoms with Crippen molar-refractivity contribution in [2.24, 2.45) is 0 Å². The van der Waals surface area contributed by atoms with Crippen LogP contribution in [0.1, 0.15) is 35.8 Å². The summed E-state index contributed by atoms with van der Waals surface area (Å²) in [6.07, 6.45) is -9.66. The minimum atomic E-state index is -4.68. The highest BCUT2D eigenvalue weighted by molar-refractivity contribution is 6.32. The Morgan fingerprint density at radius 1 is 0.643 bits per heavy atom. The van der Waals surface area contributed by atoms with E-state index in [1.54, 1.807) is 0 Å². The molecule has 0 aromatic carbocycles. The molecule has 0 aliphatic rings. The molecular weight excluding hydrogens is 630 g/mol. The second kappa shape index (κ2) is 12.7. The molecule has 0 saturated heterocycles. The second-order valence-corrected chi connectivity index (χ2v) is 9.12. The van der Waals surface area contributed by atoms with Crippen molar-refractivity contribution >= 4 is 23.2 Å². The minimum absolute atomic E-state index is 0.0737. The summed E-state index contributed by atoms with van der Waals surface area (Å²) in [5.41, 5.74) is 1.01. The molecule has 0 amide bonds. The molecule has 4 aromatic heterocycles. The van der Waals surface area contributed by atoms with E-state index in [2.05, 4.69) is 29.9 Å². The third-order valence-corrected chi connectivity index (χ3v) is 5.73. The molecular formula is C24H15Cl2F9N6O. The number of aliphatic hydroxyl groups is 1. The number of hydrogen-bond donors (Lipinski definition) is 1. The van der Waals surface area contributed by atoms with Crippen LogP contribution in [0.15, 0.2) is 49.3 Å². The lowest BCUT2D eigenvalue weighted by Gasteiger charge is -2.09. The Balaban J connectivity index is 0.000000231. The fraction of sp³-hybridized carbons (Fsp3) is 0.250. The number of alkyl halides is 9. The van der Waals surface area contributed by atoms with Gasteiger partial charge in [-0.2, -0.15) is 39.5 Å². The molecule has 4 heterocycles. The summed E-state index contributed by atoms with van der Waals surface area (Å²) in [6.45, 7) is 1.53. The van der Waals surface area contributed by atoms with E-state index >= 15 is 0 Å². The fourth-order valence-electron chi connectivity index (χ4n) is 3.08. The molecule has 0 aliphatic heterocycles.